The van der Waals surface area contributed by atoms with Crippen molar-refractivity contribution in [1.29, 1.82) is 0 Å². The molecule has 4 nitrogen and oxygen atoms in total. The Labute approximate surface area is 109 Å². The van der Waals surface area contributed by atoms with E-state index in [2.05, 4.69) is 10.6 Å². The number of hydrogen-bond donors (Lipinski definition) is 2. The van der Waals surface area contributed by atoms with Gasteiger partial charge in [0.25, 0.3) is 0 Å². The van der Waals surface area contributed by atoms with E-state index in [-0.39, 0.29) is 17.2 Å². The predicted molar refractivity (Wildman–Crippen MR) is 67.4 cm³/mol. The zero-order valence-corrected chi connectivity index (χ0v) is 10.5. The van der Waals surface area contributed by atoms with Crippen LogP contribution in [-0.4, -0.2) is 25.3 Å². The molecule has 1 aliphatic heterocycles. The Morgan fingerprint density at radius 1 is 1.56 bits per heavy atom. The monoisotopic (exact) mass is 272 g/mol. The SMILES string of the molecule is O=C(NC[C@@H]1CCCO1)Nc1ccc(Cl)c(F)c1. The van der Waals surface area contributed by atoms with Crippen LogP contribution in [0, 0.1) is 5.82 Å². The van der Waals surface area contributed by atoms with E-state index in [1.807, 2.05) is 0 Å². The van der Waals surface area contributed by atoms with Crippen molar-refractivity contribution in [2.24, 2.45) is 0 Å². The summed E-state index contributed by atoms with van der Waals surface area (Å²) in [5.41, 5.74) is 0.363. The van der Waals surface area contributed by atoms with E-state index in [0.717, 1.165) is 19.4 Å². The zero-order valence-electron chi connectivity index (χ0n) is 9.71. The maximum Gasteiger partial charge on any atom is 0.319 e. The van der Waals surface area contributed by atoms with Crippen LogP contribution in [0.1, 0.15) is 12.8 Å². The Morgan fingerprint density at radius 3 is 3.06 bits per heavy atom. The molecule has 1 heterocycles. The van der Waals surface area contributed by atoms with Gasteiger partial charge in [-0.3, -0.25) is 0 Å². The summed E-state index contributed by atoms with van der Waals surface area (Å²) >= 11 is 5.54. The molecule has 0 aliphatic carbocycles. The highest BCUT2D eigenvalue weighted by Crippen LogP contribution is 2.18. The van der Waals surface area contributed by atoms with Crippen LogP contribution in [-0.2, 0) is 4.74 Å². The Hall–Kier alpha value is -1.33. The molecule has 2 N–H and O–H groups in total. The van der Waals surface area contributed by atoms with Crippen LogP contribution >= 0.6 is 11.6 Å². The molecule has 18 heavy (non-hydrogen) atoms. The number of carbonyl (C=O) groups is 1. The number of nitrogens with one attached hydrogen (secondary N) is 2. The second kappa shape index (κ2) is 6.02. The van der Waals surface area contributed by atoms with E-state index >= 15 is 0 Å². The number of rotatable bonds is 3. The Morgan fingerprint density at radius 2 is 2.39 bits per heavy atom. The van der Waals surface area contributed by atoms with Gasteiger partial charge in [-0.25, -0.2) is 9.18 Å². The minimum absolute atomic E-state index is 0.0281. The molecule has 98 valence electrons. The molecule has 0 saturated carbocycles. The van der Waals surface area contributed by atoms with Gasteiger partial charge >= 0.3 is 6.03 Å². The van der Waals surface area contributed by atoms with E-state index in [0.29, 0.717) is 12.2 Å². The van der Waals surface area contributed by atoms with Gasteiger partial charge in [-0.15, -0.1) is 0 Å². The first-order chi connectivity index (χ1) is 8.65. The summed E-state index contributed by atoms with van der Waals surface area (Å²) in [5.74, 6) is -0.561. The van der Waals surface area contributed by atoms with Gasteiger partial charge in [0.1, 0.15) is 5.82 Å². The van der Waals surface area contributed by atoms with Crippen molar-refractivity contribution in [2.45, 2.75) is 18.9 Å². The van der Waals surface area contributed by atoms with Crippen LogP contribution in [0.25, 0.3) is 0 Å². The van der Waals surface area contributed by atoms with E-state index < -0.39 is 5.82 Å². The van der Waals surface area contributed by atoms with Crippen molar-refractivity contribution in [3.8, 4) is 0 Å². The van der Waals surface area contributed by atoms with Crippen LogP contribution < -0.4 is 10.6 Å². The molecule has 6 heteroatoms. The molecule has 1 fully saturated rings. The molecule has 1 atom stereocenters. The summed E-state index contributed by atoms with van der Waals surface area (Å²) < 4.78 is 18.5. The molecule has 0 spiro atoms. The second-order valence-corrected chi connectivity index (χ2v) is 4.51. The number of anilines is 1. The zero-order chi connectivity index (χ0) is 13.0. The van der Waals surface area contributed by atoms with Gasteiger partial charge in [0, 0.05) is 18.8 Å². The number of halogens is 2. The molecule has 0 radical (unpaired) electrons. The highest BCUT2D eigenvalue weighted by atomic mass is 35.5. The number of ether oxygens (including phenoxy) is 1. The van der Waals surface area contributed by atoms with E-state index in [4.69, 9.17) is 16.3 Å². The minimum Gasteiger partial charge on any atom is -0.376 e. The molecule has 2 rings (SSSR count). The Bertz CT molecular complexity index is 436. The van der Waals surface area contributed by atoms with Crippen molar-refractivity contribution < 1.29 is 13.9 Å². The third kappa shape index (κ3) is 3.58. The fourth-order valence-corrected chi connectivity index (χ4v) is 1.88. The van der Waals surface area contributed by atoms with Crippen LogP contribution in [0.5, 0.6) is 0 Å². The molecule has 2 amide bonds. The molecule has 0 bridgehead atoms. The quantitative estimate of drug-likeness (QED) is 0.889. The van der Waals surface area contributed by atoms with Gasteiger partial charge in [0.2, 0.25) is 0 Å². The maximum absolute atomic E-state index is 13.1. The third-order valence-corrected chi connectivity index (χ3v) is 3.00. The molecular formula is C12H14ClFN2O2. The molecule has 1 saturated heterocycles. The van der Waals surface area contributed by atoms with Crippen molar-refractivity contribution in [3.63, 3.8) is 0 Å². The summed E-state index contributed by atoms with van der Waals surface area (Å²) in [6, 6.07) is 3.73. The highest BCUT2D eigenvalue weighted by Gasteiger charge is 2.16. The summed E-state index contributed by atoms with van der Waals surface area (Å²) in [5, 5.41) is 5.23. The van der Waals surface area contributed by atoms with Gasteiger partial charge in [-0.2, -0.15) is 0 Å². The molecular weight excluding hydrogens is 259 g/mol. The van der Waals surface area contributed by atoms with E-state index in [9.17, 15) is 9.18 Å². The smallest absolute Gasteiger partial charge is 0.319 e. The van der Waals surface area contributed by atoms with Gasteiger partial charge in [-0.05, 0) is 31.0 Å². The lowest BCUT2D eigenvalue weighted by molar-refractivity contribution is 0.112. The van der Waals surface area contributed by atoms with Crippen molar-refractivity contribution in [3.05, 3.63) is 29.0 Å². The fraction of sp³-hybridized carbons (Fsp3) is 0.417. The average Bonchev–Trinajstić information content (AvgIpc) is 2.84. The Kier molecular flexibility index (Phi) is 4.38. The molecule has 0 unspecified atom stereocenters. The normalized spacial score (nSPS) is 18.7. The first-order valence-corrected chi connectivity index (χ1v) is 6.14. The lowest BCUT2D eigenvalue weighted by Crippen LogP contribution is -2.35. The van der Waals surface area contributed by atoms with Crippen molar-refractivity contribution >= 4 is 23.3 Å². The predicted octanol–water partition coefficient (Wildman–Crippen LogP) is 2.78. The second-order valence-electron chi connectivity index (χ2n) is 4.10. The lowest BCUT2D eigenvalue weighted by Gasteiger charge is -2.11. The van der Waals surface area contributed by atoms with Crippen LogP contribution in [0.3, 0.4) is 0 Å². The molecule has 1 aliphatic rings. The van der Waals surface area contributed by atoms with Crippen LogP contribution in [0.4, 0.5) is 14.9 Å². The number of carbonyl (C=O) groups excluding carboxylic acids is 1. The molecule has 1 aromatic rings. The highest BCUT2D eigenvalue weighted by molar-refractivity contribution is 6.30. The third-order valence-electron chi connectivity index (χ3n) is 2.69. The van der Waals surface area contributed by atoms with Gasteiger partial charge < -0.3 is 15.4 Å². The molecule has 1 aromatic carbocycles. The van der Waals surface area contributed by atoms with Crippen molar-refractivity contribution in [2.75, 3.05) is 18.5 Å². The fourth-order valence-electron chi connectivity index (χ4n) is 1.76. The molecule has 0 aromatic heterocycles. The lowest BCUT2D eigenvalue weighted by atomic mass is 10.2. The van der Waals surface area contributed by atoms with E-state index in [1.54, 1.807) is 0 Å². The van der Waals surface area contributed by atoms with Gasteiger partial charge in [-0.1, -0.05) is 11.6 Å². The summed E-state index contributed by atoms with van der Waals surface area (Å²) in [6.45, 7) is 1.21. The number of amides is 2. The largest absolute Gasteiger partial charge is 0.376 e. The first-order valence-electron chi connectivity index (χ1n) is 5.76. The van der Waals surface area contributed by atoms with E-state index in [1.165, 1.54) is 18.2 Å². The summed E-state index contributed by atoms with van der Waals surface area (Å²) in [4.78, 5) is 11.5. The summed E-state index contributed by atoms with van der Waals surface area (Å²) in [7, 11) is 0. The first kappa shape index (κ1) is 13.1. The number of hydrogen-bond acceptors (Lipinski definition) is 2. The van der Waals surface area contributed by atoms with Crippen LogP contribution in [0.15, 0.2) is 18.2 Å². The number of urea groups is 1. The number of benzene rings is 1. The van der Waals surface area contributed by atoms with Crippen molar-refractivity contribution in [1.82, 2.24) is 5.32 Å². The minimum atomic E-state index is -0.561. The topological polar surface area (TPSA) is 50.4 Å². The Balaban J connectivity index is 1.80. The van der Waals surface area contributed by atoms with Crippen LogP contribution in [0.2, 0.25) is 5.02 Å². The van der Waals surface area contributed by atoms with Gasteiger partial charge in [0.15, 0.2) is 0 Å². The standard InChI is InChI=1S/C12H14ClFN2O2/c13-10-4-3-8(6-11(10)14)16-12(17)15-7-9-2-1-5-18-9/h3-4,6,9H,1-2,5,7H2,(H2,15,16,17)/t9-/m0/s1. The average molecular weight is 273 g/mol. The van der Waals surface area contributed by atoms with Gasteiger partial charge in [0.05, 0.1) is 11.1 Å². The summed E-state index contributed by atoms with van der Waals surface area (Å²) in [6.07, 6.45) is 2.06. The maximum atomic E-state index is 13.1.